The molecule has 1 saturated heterocycles. The lowest BCUT2D eigenvalue weighted by Crippen LogP contribution is -2.58. The Balaban J connectivity index is 1.94. The Hall–Kier alpha value is -0.340. The molecule has 0 aromatic carbocycles. The van der Waals surface area contributed by atoms with Gasteiger partial charge in [-0.2, -0.15) is 0 Å². The van der Waals surface area contributed by atoms with E-state index in [1.165, 1.54) is 25.9 Å². The minimum Gasteiger partial charge on any atom is -0.311 e. The summed E-state index contributed by atoms with van der Waals surface area (Å²) in [4.78, 5) is 2.63. The SMILES string of the molecule is C=CCN1CC(C(C)C)NCC1C1CC1. The zero-order valence-electron chi connectivity index (χ0n) is 10.1. The molecular formula is C13H24N2. The van der Waals surface area contributed by atoms with E-state index in [1.54, 1.807) is 0 Å². The molecule has 1 saturated carbocycles. The van der Waals surface area contributed by atoms with Crippen molar-refractivity contribution < 1.29 is 0 Å². The van der Waals surface area contributed by atoms with Crippen molar-refractivity contribution in [2.75, 3.05) is 19.6 Å². The predicted molar refractivity (Wildman–Crippen MR) is 64.9 cm³/mol. The average Bonchev–Trinajstić information content (AvgIpc) is 3.01. The highest BCUT2D eigenvalue weighted by molar-refractivity contribution is 4.97. The topological polar surface area (TPSA) is 15.3 Å². The van der Waals surface area contributed by atoms with Crippen LogP contribution in [0, 0.1) is 11.8 Å². The van der Waals surface area contributed by atoms with E-state index in [0.29, 0.717) is 6.04 Å². The Labute approximate surface area is 93.7 Å². The van der Waals surface area contributed by atoms with Crippen molar-refractivity contribution in [2.24, 2.45) is 11.8 Å². The number of piperazine rings is 1. The Kier molecular flexibility index (Phi) is 3.47. The van der Waals surface area contributed by atoms with Gasteiger partial charge in [-0.3, -0.25) is 4.90 Å². The lowest BCUT2D eigenvalue weighted by molar-refractivity contribution is 0.112. The summed E-state index contributed by atoms with van der Waals surface area (Å²) in [6, 6.07) is 1.44. The molecular weight excluding hydrogens is 184 g/mol. The van der Waals surface area contributed by atoms with E-state index < -0.39 is 0 Å². The van der Waals surface area contributed by atoms with Crippen LogP contribution in [-0.2, 0) is 0 Å². The highest BCUT2D eigenvalue weighted by atomic mass is 15.2. The zero-order chi connectivity index (χ0) is 10.8. The lowest BCUT2D eigenvalue weighted by atomic mass is 9.97. The van der Waals surface area contributed by atoms with Gasteiger partial charge >= 0.3 is 0 Å². The molecule has 2 unspecified atom stereocenters. The van der Waals surface area contributed by atoms with E-state index in [2.05, 4.69) is 36.7 Å². The molecule has 2 atom stereocenters. The van der Waals surface area contributed by atoms with Gasteiger partial charge in [0.2, 0.25) is 0 Å². The molecule has 2 rings (SSSR count). The molecule has 0 bridgehead atoms. The number of hydrogen-bond acceptors (Lipinski definition) is 2. The normalized spacial score (nSPS) is 33.3. The highest BCUT2D eigenvalue weighted by Gasteiger charge is 2.38. The van der Waals surface area contributed by atoms with Crippen LogP contribution in [-0.4, -0.2) is 36.6 Å². The van der Waals surface area contributed by atoms with Gasteiger partial charge in [0.1, 0.15) is 0 Å². The molecule has 1 N–H and O–H groups in total. The maximum absolute atomic E-state index is 3.88. The Bertz CT molecular complexity index is 221. The smallest absolute Gasteiger partial charge is 0.0252 e. The second kappa shape index (κ2) is 4.67. The van der Waals surface area contributed by atoms with Crippen LogP contribution >= 0.6 is 0 Å². The summed E-state index contributed by atoms with van der Waals surface area (Å²) in [5, 5.41) is 3.70. The third-order valence-corrected chi connectivity index (χ3v) is 3.82. The van der Waals surface area contributed by atoms with Gasteiger partial charge in [-0.1, -0.05) is 19.9 Å². The van der Waals surface area contributed by atoms with Gasteiger partial charge in [-0.25, -0.2) is 0 Å². The van der Waals surface area contributed by atoms with Crippen LogP contribution in [0.1, 0.15) is 26.7 Å². The third-order valence-electron chi connectivity index (χ3n) is 3.82. The molecule has 2 heteroatoms. The van der Waals surface area contributed by atoms with Crippen molar-refractivity contribution in [3.05, 3.63) is 12.7 Å². The van der Waals surface area contributed by atoms with Crippen molar-refractivity contribution in [1.82, 2.24) is 10.2 Å². The van der Waals surface area contributed by atoms with Gasteiger partial charge in [0.25, 0.3) is 0 Å². The first-order chi connectivity index (χ1) is 7.22. The van der Waals surface area contributed by atoms with Gasteiger partial charge in [-0.05, 0) is 24.7 Å². The summed E-state index contributed by atoms with van der Waals surface area (Å²) >= 11 is 0. The van der Waals surface area contributed by atoms with E-state index in [4.69, 9.17) is 0 Å². The molecule has 86 valence electrons. The van der Waals surface area contributed by atoms with E-state index in [9.17, 15) is 0 Å². The monoisotopic (exact) mass is 208 g/mol. The molecule has 1 aliphatic carbocycles. The van der Waals surface area contributed by atoms with Gasteiger partial charge in [0, 0.05) is 31.7 Å². The second-order valence-electron chi connectivity index (χ2n) is 5.41. The minimum atomic E-state index is 0.667. The van der Waals surface area contributed by atoms with Crippen molar-refractivity contribution in [2.45, 2.75) is 38.8 Å². The fourth-order valence-corrected chi connectivity index (χ4v) is 2.62. The van der Waals surface area contributed by atoms with Crippen LogP contribution in [0.3, 0.4) is 0 Å². The largest absolute Gasteiger partial charge is 0.311 e. The van der Waals surface area contributed by atoms with Crippen molar-refractivity contribution in [3.8, 4) is 0 Å². The summed E-state index contributed by atoms with van der Waals surface area (Å²) in [6.07, 6.45) is 4.93. The van der Waals surface area contributed by atoms with Crippen molar-refractivity contribution in [1.29, 1.82) is 0 Å². The number of nitrogens with one attached hydrogen (secondary N) is 1. The fraction of sp³-hybridized carbons (Fsp3) is 0.846. The summed E-state index contributed by atoms with van der Waals surface area (Å²) in [7, 11) is 0. The van der Waals surface area contributed by atoms with Crippen LogP contribution < -0.4 is 5.32 Å². The fourth-order valence-electron chi connectivity index (χ4n) is 2.62. The van der Waals surface area contributed by atoms with Gasteiger partial charge in [0.15, 0.2) is 0 Å². The van der Waals surface area contributed by atoms with E-state index in [-0.39, 0.29) is 0 Å². The van der Waals surface area contributed by atoms with Gasteiger partial charge in [-0.15, -0.1) is 6.58 Å². The lowest BCUT2D eigenvalue weighted by Gasteiger charge is -2.41. The molecule has 2 fully saturated rings. The first-order valence-corrected chi connectivity index (χ1v) is 6.30. The number of hydrogen-bond donors (Lipinski definition) is 1. The molecule has 0 aromatic rings. The molecule has 0 amide bonds. The molecule has 0 spiro atoms. The van der Waals surface area contributed by atoms with Crippen molar-refractivity contribution in [3.63, 3.8) is 0 Å². The summed E-state index contributed by atoms with van der Waals surface area (Å²) in [6.45, 7) is 11.9. The van der Waals surface area contributed by atoms with Crippen LogP contribution in [0.2, 0.25) is 0 Å². The van der Waals surface area contributed by atoms with Gasteiger partial charge < -0.3 is 5.32 Å². The first kappa shape index (κ1) is 11.2. The van der Waals surface area contributed by atoms with Crippen LogP contribution in [0.5, 0.6) is 0 Å². The molecule has 1 heterocycles. The molecule has 15 heavy (non-hydrogen) atoms. The van der Waals surface area contributed by atoms with Crippen molar-refractivity contribution >= 4 is 0 Å². The Morgan fingerprint density at radius 1 is 1.47 bits per heavy atom. The predicted octanol–water partition coefficient (Wildman–Crippen LogP) is 1.88. The maximum Gasteiger partial charge on any atom is 0.0252 e. The number of rotatable bonds is 4. The second-order valence-corrected chi connectivity index (χ2v) is 5.41. The molecule has 2 nitrogen and oxygen atoms in total. The molecule has 0 aromatic heterocycles. The first-order valence-electron chi connectivity index (χ1n) is 6.30. The summed E-state index contributed by atoms with van der Waals surface area (Å²) in [5.41, 5.74) is 0. The van der Waals surface area contributed by atoms with Crippen LogP contribution in [0.25, 0.3) is 0 Å². The van der Waals surface area contributed by atoms with Gasteiger partial charge in [0.05, 0.1) is 0 Å². The number of nitrogens with zero attached hydrogens (tertiary/aromatic N) is 1. The highest BCUT2D eigenvalue weighted by Crippen LogP contribution is 2.36. The molecule has 2 aliphatic rings. The summed E-state index contributed by atoms with van der Waals surface area (Å²) in [5.74, 6) is 1.70. The Morgan fingerprint density at radius 3 is 2.73 bits per heavy atom. The molecule has 0 radical (unpaired) electrons. The summed E-state index contributed by atoms with van der Waals surface area (Å²) < 4.78 is 0. The van der Waals surface area contributed by atoms with E-state index in [0.717, 1.165) is 24.4 Å². The Morgan fingerprint density at radius 2 is 2.20 bits per heavy atom. The van der Waals surface area contributed by atoms with Crippen LogP contribution in [0.4, 0.5) is 0 Å². The zero-order valence-corrected chi connectivity index (χ0v) is 10.1. The maximum atomic E-state index is 3.88. The third kappa shape index (κ3) is 2.61. The van der Waals surface area contributed by atoms with E-state index in [1.807, 2.05) is 0 Å². The standard InChI is InChI=1S/C13H24N2/c1-4-7-15-9-12(10(2)3)14-8-13(15)11-5-6-11/h4,10-14H,1,5-9H2,2-3H3. The average molecular weight is 208 g/mol. The van der Waals surface area contributed by atoms with Crippen LogP contribution in [0.15, 0.2) is 12.7 Å². The van der Waals surface area contributed by atoms with E-state index >= 15 is 0 Å². The minimum absolute atomic E-state index is 0.667. The quantitative estimate of drug-likeness (QED) is 0.710. The molecule has 1 aliphatic heterocycles.